The number of fused-ring (bicyclic) bond motifs is 1. The molecule has 0 saturated carbocycles. The second kappa shape index (κ2) is 5.90. The predicted octanol–water partition coefficient (Wildman–Crippen LogP) is 3.89. The topological polar surface area (TPSA) is 54.6 Å². The van der Waals surface area contributed by atoms with Gasteiger partial charge in [0.05, 0.1) is 0 Å². The van der Waals surface area contributed by atoms with Crippen molar-refractivity contribution >= 4 is 22.6 Å². The van der Waals surface area contributed by atoms with Crippen LogP contribution in [0.5, 0.6) is 0 Å². The lowest BCUT2D eigenvalue weighted by atomic mass is 10.1. The molecule has 0 bridgehead atoms. The first-order valence-electron chi connectivity index (χ1n) is 6.87. The van der Waals surface area contributed by atoms with Crippen molar-refractivity contribution in [2.45, 2.75) is 34.1 Å². The van der Waals surface area contributed by atoms with Gasteiger partial charge in [-0.3, -0.25) is 4.79 Å². The number of benzene rings is 1. The molecule has 4 nitrogen and oxygen atoms in total. The largest absolute Gasteiger partial charge is 0.451 e. The molecule has 1 N–H and O–H groups in total. The Kier molecular flexibility index (Phi) is 4.23. The highest BCUT2D eigenvalue weighted by Gasteiger charge is 2.17. The van der Waals surface area contributed by atoms with Gasteiger partial charge in [-0.2, -0.15) is 5.10 Å². The van der Waals surface area contributed by atoms with Gasteiger partial charge in [-0.1, -0.05) is 32.0 Å². The number of furan rings is 1. The molecule has 0 aliphatic rings. The molecule has 0 radical (unpaired) electrons. The Balaban J connectivity index is 2.22. The number of rotatable bonds is 4. The maximum absolute atomic E-state index is 12.1. The molecule has 2 aromatic rings. The number of carbonyl (C=O) groups is 1. The number of carbonyl (C=O) groups excluding carboxylic acids is 1. The van der Waals surface area contributed by atoms with E-state index in [2.05, 4.69) is 24.4 Å². The van der Waals surface area contributed by atoms with Crippen molar-refractivity contribution in [3.8, 4) is 0 Å². The fraction of sp³-hybridized carbons (Fsp3) is 0.375. The molecule has 1 aromatic carbocycles. The molecular weight excluding hydrogens is 252 g/mol. The van der Waals surface area contributed by atoms with E-state index in [1.807, 2.05) is 38.1 Å². The van der Waals surface area contributed by atoms with Crippen LogP contribution in [0.3, 0.4) is 0 Å². The SMILES string of the molecule is CC[C@@H](C)/C(C)=N\NC(=O)c1oc2ccccc2c1C. The molecule has 1 aromatic heterocycles. The lowest BCUT2D eigenvalue weighted by Crippen LogP contribution is -2.21. The molecule has 0 saturated heterocycles. The summed E-state index contributed by atoms with van der Waals surface area (Å²) in [6.07, 6.45) is 0.995. The number of nitrogens with one attached hydrogen (secondary N) is 1. The number of para-hydroxylation sites is 1. The Bertz CT molecular complexity index is 656. The Labute approximate surface area is 118 Å². The zero-order chi connectivity index (χ0) is 14.7. The van der Waals surface area contributed by atoms with E-state index >= 15 is 0 Å². The van der Waals surface area contributed by atoms with Gasteiger partial charge in [-0.15, -0.1) is 0 Å². The summed E-state index contributed by atoms with van der Waals surface area (Å²) in [5, 5.41) is 5.10. The quantitative estimate of drug-likeness (QED) is 0.678. The van der Waals surface area contributed by atoms with Crippen molar-refractivity contribution in [3.63, 3.8) is 0 Å². The van der Waals surface area contributed by atoms with Crippen LogP contribution in [0.2, 0.25) is 0 Å². The first-order chi connectivity index (χ1) is 9.54. The molecule has 0 aliphatic carbocycles. The van der Waals surface area contributed by atoms with Gasteiger partial charge < -0.3 is 4.42 Å². The third kappa shape index (κ3) is 2.74. The molecule has 2 rings (SSSR count). The Morgan fingerprint density at radius 2 is 2.10 bits per heavy atom. The van der Waals surface area contributed by atoms with Crippen molar-refractivity contribution in [1.29, 1.82) is 0 Å². The Morgan fingerprint density at radius 1 is 1.40 bits per heavy atom. The zero-order valence-corrected chi connectivity index (χ0v) is 12.4. The normalized spacial score (nSPS) is 13.5. The third-order valence-electron chi connectivity index (χ3n) is 3.71. The molecule has 0 aliphatic heterocycles. The third-order valence-corrected chi connectivity index (χ3v) is 3.71. The number of aryl methyl sites for hydroxylation is 1. The number of hydrogen-bond donors (Lipinski definition) is 1. The van der Waals surface area contributed by atoms with Gasteiger partial charge >= 0.3 is 5.91 Å². The second-order valence-corrected chi connectivity index (χ2v) is 5.06. The van der Waals surface area contributed by atoms with E-state index in [9.17, 15) is 4.79 Å². The summed E-state index contributed by atoms with van der Waals surface area (Å²) in [4.78, 5) is 12.1. The minimum Gasteiger partial charge on any atom is -0.451 e. The average molecular weight is 272 g/mol. The Hall–Kier alpha value is -2.10. The molecule has 0 unspecified atom stereocenters. The predicted molar refractivity (Wildman–Crippen MR) is 81.0 cm³/mol. The standard InChI is InChI=1S/C16H20N2O2/c1-5-10(2)12(4)17-18-16(19)15-11(3)13-8-6-7-9-14(13)20-15/h6-10H,5H2,1-4H3,(H,18,19)/b17-12-/t10-/m1/s1. The highest BCUT2D eigenvalue weighted by molar-refractivity contribution is 5.99. The van der Waals surface area contributed by atoms with Crippen molar-refractivity contribution in [1.82, 2.24) is 5.43 Å². The number of hydrazone groups is 1. The smallest absolute Gasteiger partial charge is 0.307 e. The van der Waals surface area contributed by atoms with Crippen LogP contribution in [0.4, 0.5) is 0 Å². The van der Waals surface area contributed by atoms with Crippen LogP contribution in [0.1, 0.15) is 43.3 Å². The zero-order valence-electron chi connectivity index (χ0n) is 12.4. The Morgan fingerprint density at radius 3 is 2.75 bits per heavy atom. The molecule has 106 valence electrons. The highest BCUT2D eigenvalue weighted by Crippen LogP contribution is 2.24. The fourth-order valence-electron chi connectivity index (χ4n) is 1.99. The highest BCUT2D eigenvalue weighted by atomic mass is 16.3. The van der Waals surface area contributed by atoms with Gasteiger partial charge in [0.1, 0.15) is 5.58 Å². The van der Waals surface area contributed by atoms with Crippen LogP contribution in [-0.4, -0.2) is 11.6 Å². The van der Waals surface area contributed by atoms with Crippen LogP contribution in [0.25, 0.3) is 11.0 Å². The van der Waals surface area contributed by atoms with Crippen molar-refractivity contribution in [2.24, 2.45) is 11.0 Å². The molecule has 20 heavy (non-hydrogen) atoms. The van der Waals surface area contributed by atoms with E-state index in [1.54, 1.807) is 0 Å². The molecule has 1 heterocycles. The van der Waals surface area contributed by atoms with Gasteiger partial charge in [-0.25, -0.2) is 5.43 Å². The number of hydrogen-bond acceptors (Lipinski definition) is 3. The van der Waals surface area contributed by atoms with Gasteiger partial charge in [-0.05, 0) is 32.3 Å². The van der Waals surface area contributed by atoms with Gasteiger partial charge in [0.25, 0.3) is 0 Å². The van der Waals surface area contributed by atoms with E-state index in [0.29, 0.717) is 11.7 Å². The summed E-state index contributed by atoms with van der Waals surface area (Å²) >= 11 is 0. The molecule has 4 heteroatoms. The number of amides is 1. The minimum atomic E-state index is -0.304. The monoisotopic (exact) mass is 272 g/mol. The van der Waals surface area contributed by atoms with E-state index in [1.165, 1.54) is 0 Å². The minimum absolute atomic E-state index is 0.304. The summed E-state index contributed by atoms with van der Waals surface area (Å²) in [5.41, 5.74) is 5.04. The van der Waals surface area contributed by atoms with E-state index < -0.39 is 0 Å². The fourth-order valence-corrected chi connectivity index (χ4v) is 1.99. The van der Waals surface area contributed by atoms with E-state index in [0.717, 1.165) is 28.7 Å². The summed E-state index contributed by atoms with van der Waals surface area (Å²) in [6, 6.07) is 7.61. The first kappa shape index (κ1) is 14.3. The van der Waals surface area contributed by atoms with Crippen molar-refractivity contribution < 1.29 is 9.21 Å². The average Bonchev–Trinajstić information content (AvgIpc) is 2.81. The second-order valence-electron chi connectivity index (χ2n) is 5.06. The summed E-state index contributed by atoms with van der Waals surface area (Å²) in [6.45, 7) is 7.97. The van der Waals surface area contributed by atoms with E-state index in [4.69, 9.17) is 4.42 Å². The molecule has 0 spiro atoms. The van der Waals surface area contributed by atoms with Crippen molar-refractivity contribution in [2.75, 3.05) is 0 Å². The van der Waals surface area contributed by atoms with Crippen LogP contribution in [0, 0.1) is 12.8 Å². The molecule has 1 amide bonds. The summed E-state index contributed by atoms with van der Waals surface area (Å²) in [5.74, 6) is 0.375. The maximum atomic E-state index is 12.1. The molecular formula is C16H20N2O2. The summed E-state index contributed by atoms with van der Waals surface area (Å²) < 4.78 is 5.60. The van der Waals surface area contributed by atoms with Crippen LogP contribution in [-0.2, 0) is 0 Å². The van der Waals surface area contributed by atoms with Gasteiger partial charge in [0.15, 0.2) is 5.76 Å². The maximum Gasteiger partial charge on any atom is 0.307 e. The molecule has 0 fully saturated rings. The van der Waals surface area contributed by atoms with Crippen LogP contribution < -0.4 is 5.43 Å². The lowest BCUT2D eigenvalue weighted by molar-refractivity contribution is 0.0928. The van der Waals surface area contributed by atoms with Gasteiger partial charge in [0, 0.05) is 16.7 Å². The van der Waals surface area contributed by atoms with Crippen LogP contribution in [0.15, 0.2) is 33.8 Å². The summed E-state index contributed by atoms with van der Waals surface area (Å²) in [7, 11) is 0. The van der Waals surface area contributed by atoms with Crippen molar-refractivity contribution in [3.05, 3.63) is 35.6 Å². The first-order valence-corrected chi connectivity index (χ1v) is 6.87. The van der Waals surface area contributed by atoms with Gasteiger partial charge in [0.2, 0.25) is 0 Å². The lowest BCUT2D eigenvalue weighted by Gasteiger charge is -2.07. The van der Waals surface area contributed by atoms with Crippen LogP contribution >= 0.6 is 0 Å². The van der Waals surface area contributed by atoms with E-state index in [-0.39, 0.29) is 5.91 Å². The number of nitrogens with zero attached hydrogens (tertiary/aromatic N) is 1. The molecule has 1 atom stereocenters.